The molecule has 1 saturated heterocycles. The molecule has 7 nitrogen and oxygen atoms in total. The summed E-state index contributed by atoms with van der Waals surface area (Å²) in [7, 11) is 0. The van der Waals surface area contributed by atoms with Crippen LogP contribution in [0.4, 0.5) is 11.6 Å². The number of carbonyl (C=O) groups excluding carboxylic acids is 1. The molecule has 28 heavy (non-hydrogen) atoms. The first-order valence-electron chi connectivity index (χ1n) is 9.10. The van der Waals surface area contributed by atoms with Crippen LogP contribution in [0, 0.1) is 6.92 Å². The first-order chi connectivity index (χ1) is 13.7. The molecule has 1 N–H and O–H groups in total. The van der Waals surface area contributed by atoms with Crippen LogP contribution in [-0.4, -0.2) is 37.3 Å². The molecule has 1 atom stereocenters. The second-order valence-electron chi connectivity index (χ2n) is 6.44. The fraction of sp³-hybridized carbons (Fsp3) is 0.250. The number of rotatable bonds is 5. The Morgan fingerprint density at radius 2 is 2.14 bits per heavy atom. The van der Waals surface area contributed by atoms with Crippen molar-refractivity contribution in [3.8, 4) is 0 Å². The van der Waals surface area contributed by atoms with Gasteiger partial charge in [0.2, 0.25) is 5.91 Å². The molecule has 1 aliphatic heterocycles. The Morgan fingerprint density at radius 3 is 2.93 bits per heavy atom. The van der Waals surface area contributed by atoms with Crippen LogP contribution in [0.1, 0.15) is 35.3 Å². The van der Waals surface area contributed by atoms with Crippen LogP contribution in [0.3, 0.4) is 0 Å². The van der Waals surface area contributed by atoms with Crippen molar-refractivity contribution in [3.05, 3.63) is 64.6 Å². The van der Waals surface area contributed by atoms with Gasteiger partial charge in [0.25, 0.3) is 0 Å². The van der Waals surface area contributed by atoms with Gasteiger partial charge >= 0.3 is 0 Å². The summed E-state index contributed by atoms with van der Waals surface area (Å²) in [5.74, 6) is 1.28. The van der Waals surface area contributed by atoms with E-state index < -0.39 is 0 Å². The molecule has 0 bridgehead atoms. The average Bonchev–Trinajstić information content (AvgIpc) is 3.36. The predicted octanol–water partition coefficient (Wildman–Crippen LogP) is 3.76. The van der Waals surface area contributed by atoms with Crippen molar-refractivity contribution in [2.45, 2.75) is 25.8 Å². The number of nitrogens with one attached hydrogen (secondary N) is 1. The van der Waals surface area contributed by atoms with Gasteiger partial charge in [-0.3, -0.25) is 9.78 Å². The SMILES string of the molecule is Cc1nc(/C=C/C(=O)N2CCC[C@H]2c2nccnc2Nc2ccccn2)cs1. The lowest BCUT2D eigenvalue weighted by molar-refractivity contribution is -0.126. The zero-order valence-electron chi connectivity index (χ0n) is 15.4. The fourth-order valence-electron chi connectivity index (χ4n) is 3.27. The highest BCUT2D eigenvalue weighted by atomic mass is 32.1. The summed E-state index contributed by atoms with van der Waals surface area (Å²) in [4.78, 5) is 32.3. The van der Waals surface area contributed by atoms with Crippen LogP contribution in [0.25, 0.3) is 6.08 Å². The monoisotopic (exact) mass is 392 g/mol. The maximum atomic E-state index is 12.8. The molecular weight excluding hydrogens is 372 g/mol. The molecule has 4 heterocycles. The summed E-state index contributed by atoms with van der Waals surface area (Å²) >= 11 is 1.57. The van der Waals surface area contributed by atoms with Gasteiger partial charge in [-0.2, -0.15) is 0 Å². The Bertz CT molecular complexity index is 987. The van der Waals surface area contributed by atoms with E-state index >= 15 is 0 Å². The molecule has 1 aliphatic rings. The molecule has 8 heteroatoms. The van der Waals surface area contributed by atoms with E-state index in [2.05, 4.69) is 25.3 Å². The van der Waals surface area contributed by atoms with Gasteiger partial charge in [0.1, 0.15) is 11.5 Å². The van der Waals surface area contributed by atoms with E-state index in [1.54, 1.807) is 42.1 Å². The number of hydrogen-bond acceptors (Lipinski definition) is 7. The molecule has 0 aliphatic carbocycles. The number of nitrogens with zero attached hydrogens (tertiary/aromatic N) is 5. The zero-order valence-corrected chi connectivity index (χ0v) is 16.3. The van der Waals surface area contributed by atoms with E-state index in [4.69, 9.17) is 0 Å². The highest BCUT2D eigenvalue weighted by molar-refractivity contribution is 7.09. The zero-order chi connectivity index (χ0) is 19.3. The number of carbonyl (C=O) groups is 1. The van der Waals surface area contributed by atoms with Crippen molar-refractivity contribution < 1.29 is 4.79 Å². The quantitative estimate of drug-likeness (QED) is 0.666. The number of thiazole rings is 1. The molecule has 142 valence electrons. The molecule has 1 fully saturated rings. The lowest BCUT2D eigenvalue weighted by Gasteiger charge is -2.24. The Hall–Kier alpha value is -3.13. The van der Waals surface area contributed by atoms with Crippen LogP contribution >= 0.6 is 11.3 Å². The number of hydrogen-bond donors (Lipinski definition) is 1. The minimum Gasteiger partial charge on any atom is -0.330 e. The molecule has 0 unspecified atom stereocenters. The topological polar surface area (TPSA) is 83.9 Å². The highest BCUT2D eigenvalue weighted by Gasteiger charge is 2.32. The number of amides is 1. The number of likely N-dealkylation sites (tertiary alicyclic amines) is 1. The van der Waals surface area contributed by atoms with Gasteiger partial charge in [-0.15, -0.1) is 11.3 Å². The van der Waals surface area contributed by atoms with Crippen LogP contribution in [-0.2, 0) is 4.79 Å². The summed E-state index contributed by atoms with van der Waals surface area (Å²) in [5, 5.41) is 6.15. The maximum Gasteiger partial charge on any atom is 0.247 e. The van der Waals surface area contributed by atoms with E-state index in [0.717, 1.165) is 29.2 Å². The number of aromatic nitrogens is 4. The largest absolute Gasteiger partial charge is 0.330 e. The van der Waals surface area contributed by atoms with Gasteiger partial charge in [0.05, 0.1) is 16.7 Å². The molecule has 3 aromatic heterocycles. The third-order valence-electron chi connectivity index (χ3n) is 4.52. The molecule has 0 radical (unpaired) electrons. The molecule has 1 amide bonds. The summed E-state index contributed by atoms with van der Waals surface area (Å²) in [6.07, 6.45) is 10.2. The van der Waals surface area contributed by atoms with E-state index in [1.165, 1.54) is 0 Å². The van der Waals surface area contributed by atoms with Crippen molar-refractivity contribution >= 4 is 35.0 Å². The van der Waals surface area contributed by atoms with Gasteiger partial charge in [-0.25, -0.2) is 15.0 Å². The third kappa shape index (κ3) is 4.07. The first kappa shape index (κ1) is 18.2. The minimum absolute atomic E-state index is 0.0393. The fourth-order valence-corrected chi connectivity index (χ4v) is 3.85. The van der Waals surface area contributed by atoms with Crippen LogP contribution < -0.4 is 5.32 Å². The Balaban J connectivity index is 1.55. The van der Waals surface area contributed by atoms with E-state index in [-0.39, 0.29) is 11.9 Å². The molecular formula is C20H20N6OS. The van der Waals surface area contributed by atoms with Crippen molar-refractivity contribution in [1.82, 2.24) is 24.8 Å². The van der Waals surface area contributed by atoms with Crippen molar-refractivity contribution in [1.29, 1.82) is 0 Å². The van der Waals surface area contributed by atoms with Crippen molar-refractivity contribution in [2.24, 2.45) is 0 Å². The second-order valence-corrected chi connectivity index (χ2v) is 7.51. The summed E-state index contributed by atoms with van der Waals surface area (Å²) in [5.41, 5.74) is 1.57. The van der Waals surface area contributed by atoms with E-state index in [0.29, 0.717) is 18.2 Å². The van der Waals surface area contributed by atoms with Gasteiger partial charge in [0.15, 0.2) is 5.82 Å². The van der Waals surface area contributed by atoms with Crippen LogP contribution in [0.5, 0.6) is 0 Å². The average molecular weight is 392 g/mol. The first-order valence-corrected chi connectivity index (χ1v) is 9.98. The smallest absolute Gasteiger partial charge is 0.247 e. The Kier molecular flexibility index (Phi) is 5.38. The van der Waals surface area contributed by atoms with Gasteiger partial charge in [-0.05, 0) is 38.0 Å². The van der Waals surface area contributed by atoms with Crippen LogP contribution in [0.15, 0.2) is 48.2 Å². The van der Waals surface area contributed by atoms with Gasteiger partial charge in [0, 0.05) is 36.6 Å². The standard InChI is InChI=1S/C20H20N6OS/c1-14-24-15(13-28-14)7-8-18(27)26-12-4-5-16(26)19-20(23-11-10-22-19)25-17-6-2-3-9-21-17/h2-3,6-11,13,16H,4-5,12H2,1H3,(H,21,23,25)/b8-7+/t16-/m0/s1. The van der Waals surface area contributed by atoms with Gasteiger partial charge < -0.3 is 10.2 Å². The predicted molar refractivity (Wildman–Crippen MR) is 109 cm³/mol. The van der Waals surface area contributed by atoms with E-state index in [9.17, 15) is 4.79 Å². The normalized spacial score (nSPS) is 16.6. The lowest BCUT2D eigenvalue weighted by Crippen LogP contribution is -2.30. The van der Waals surface area contributed by atoms with Crippen molar-refractivity contribution in [2.75, 3.05) is 11.9 Å². The molecule has 0 aromatic carbocycles. The third-order valence-corrected chi connectivity index (χ3v) is 5.31. The molecule has 0 saturated carbocycles. The maximum absolute atomic E-state index is 12.8. The number of pyridine rings is 1. The van der Waals surface area contributed by atoms with Gasteiger partial charge in [-0.1, -0.05) is 6.07 Å². The van der Waals surface area contributed by atoms with Crippen LogP contribution in [0.2, 0.25) is 0 Å². The summed E-state index contributed by atoms with van der Waals surface area (Å²) < 4.78 is 0. The molecule has 3 aromatic rings. The second kappa shape index (κ2) is 8.26. The van der Waals surface area contributed by atoms with Crippen molar-refractivity contribution in [3.63, 3.8) is 0 Å². The molecule has 4 rings (SSSR count). The number of aryl methyl sites for hydroxylation is 1. The molecule has 0 spiro atoms. The van der Waals surface area contributed by atoms with E-state index in [1.807, 2.05) is 35.4 Å². The lowest BCUT2D eigenvalue weighted by atomic mass is 10.1. The Morgan fingerprint density at radius 1 is 1.25 bits per heavy atom. The number of anilines is 2. The summed E-state index contributed by atoms with van der Waals surface area (Å²) in [6, 6.07) is 5.52. The minimum atomic E-state index is -0.116. The highest BCUT2D eigenvalue weighted by Crippen LogP contribution is 2.34. The summed E-state index contributed by atoms with van der Waals surface area (Å²) in [6.45, 7) is 2.65. The Labute approximate surface area is 167 Å².